The van der Waals surface area contributed by atoms with E-state index in [4.69, 9.17) is 5.73 Å². The summed E-state index contributed by atoms with van der Waals surface area (Å²) >= 11 is 0. The molecule has 1 amide bonds. The number of nitrogens with two attached hydrogens (primary N) is 1. The number of amides is 1. The van der Waals surface area contributed by atoms with E-state index in [1.54, 1.807) is 12.4 Å². The molecular formula is C19H24N4O. The molecule has 5 nitrogen and oxygen atoms in total. The highest BCUT2D eigenvalue weighted by molar-refractivity contribution is 5.95. The van der Waals surface area contributed by atoms with Gasteiger partial charge in [-0.2, -0.15) is 0 Å². The summed E-state index contributed by atoms with van der Waals surface area (Å²) in [6.45, 7) is 2.17. The number of rotatable bonds is 4. The van der Waals surface area contributed by atoms with Crippen molar-refractivity contribution in [1.82, 2.24) is 9.88 Å². The summed E-state index contributed by atoms with van der Waals surface area (Å²) in [6.07, 6.45) is 4.44. The fraction of sp³-hybridized carbons (Fsp3) is 0.368. The molecule has 2 heterocycles. The van der Waals surface area contributed by atoms with Gasteiger partial charge in [0.25, 0.3) is 5.91 Å². The number of aromatic nitrogens is 1. The molecule has 2 N–H and O–H groups in total. The highest BCUT2D eigenvalue weighted by atomic mass is 16.2. The molecule has 3 rings (SSSR count). The molecule has 1 atom stereocenters. The highest BCUT2D eigenvalue weighted by Crippen LogP contribution is 2.24. The first-order chi connectivity index (χ1) is 11.6. The lowest BCUT2D eigenvalue weighted by atomic mass is 10.0. The summed E-state index contributed by atoms with van der Waals surface area (Å²) in [7, 11) is 4.03. The van der Waals surface area contributed by atoms with E-state index in [-0.39, 0.29) is 5.91 Å². The molecular weight excluding hydrogens is 300 g/mol. The van der Waals surface area contributed by atoms with Crippen LogP contribution >= 0.6 is 0 Å². The number of anilines is 1. The van der Waals surface area contributed by atoms with Gasteiger partial charge in [0.15, 0.2) is 0 Å². The molecule has 0 aliphatic carbocycles. The molecule has 24 heavy (non-hydrogen) atoms. The molecule has 1 aromatic carbocycles. The predicted molar refractivity (Wildman–Crippen MR) is 97.1 cm³/mol. The normalized spacial score (nSPS) is 17.1. The maximum absolute atomic E-state index is 12.7. The average molecular weight is 324 g/mol. The molecule has 126 valence electrons. The van der Waals surface area contributed by atoms with Crippen LogP contribution in [0.5, 0.6) is 0 Å². The van der Waals surface area contributed by atoms with Crippen LogP contribution in [0.1, 0.15) is 16.8 Å². The second-order valence-electron chi connectivity index (χ2n) is 6.55. The Morgan fingerprint density at radius 3 is 2.62 bits per heavy atom. The number of hydrogen-bond donors (Lipinski definition) is 1. The van der Waals surface area contributed by atoms with Crippen LogP contribution < -0.4 is 10.6 Å². The minimum absolute atomic E-state index is 0.0465. The smallest absolute Gasteiger partial charge is 0.255 e. The molecule has 1 unspecified atom stereocenters. The third kappa shape index (κ3) is 3.41. The fourth-order valence-corrected chi connectivity index (χ4v) is 3.06. The minimum Gasteiger partial charge on any atom is -0.378 e. The van der Waals surface area contributed by atoms with Crippen molar-refractivity contribution in [2.24, 2.45) is 11.7 Å². The van der Waals surface area contributed by atoms with Crippen LogP contribution in [0.25, 0.3) is 11.1 Å². The lowest BCUT2D eigenvalue weighted by Crippen LogP contribution is -2.29. The van der Waals surface area contributed by atoms with Gasteiger partial charge in [-0.15, -0.1) is 0 Å². The molecule has 0 spiro atoms. The number of pyridine rings is 1. The van der Waals surface area contributed by atoms with Gasteiger partial charge in [0.05, 0.1) is 5.56 Å². The van der Waals surface area contributed by atoms with E-state index in [1.165, 1.54) is 0 Å². The molecule has 1 aromatic heterocycles. The van der Waals surface area contributed by atoms with Crippen molar-refractivity contribution in [2.75, 3.05) is 38.6 Å². The van der Waals surface area contributed by atoms with Crippen LogP contribution in [0.3, 0.4) is 0 Å². The van der Waals surface area contributed by atoms with Crippen molar-refractivity contribution in [3.63, 3.8) is 0 Å². The third-order valence-corrected chi connectivity index (χ3v) is 4.61. The molecule has 1 aliphatic rings. The van der Waals surface area contributed by atoms with Gasteiger partial charge in [-0.25, -0.2) is 0 Å². The Morgan fingerprint density at radius 2 is 2.00 bits per heavy atom. The summed E-state index contributed by atoms with van der Waals surface area (Å²) in [6, 6.07) is 10.2. The van der Waals surface area contributed by atoms with Gasteiger partial charge < -0.3 is 15.5 Å². The highest BCUT2D eigenvalue weighted by Gasteiger charge is 2.26. The zero-order chi connectivity index (χ0) is 17.1. The number of carbonyl (C=O) groups is 1. The third-order valence-electron chi connectivity index (χ3n) is 4.61. The van der Waals surface area contributed by atoms with Crippen LogP contribution in [0.15, 0.2) is 42.7 Å². The average Bonchev–Trinajstić information content (AvgIpc) is 3.10. The summed E-state index contributed by atoms with van der Waals surface area (Å²) < 4.78 is 0. The SMILES string of the molecule is CN(C)c1ccc(-c2cncc(C(=O)N3CCC(CN)C3)c2)cc1. The Balaban J connectivity index is 1.80. The quantitative estimate of drug-likeness (QED) is 0.937. The zero-order valence-electron chi connectivity index (χ0n) is 14.3. The molecule has 0 bridgehead atoms. The van der Waals surface area contributed by atoms with E-state index in [2.05, 4.69) is 34.1 Å². The number of benzene rings is 1. The van der Waals surface area contributed by atoms with E-state index < -0.39 is 0 Å². The summed E-state index contributed by atoms with van der Waals surface area (Å²) in [4.78, 5) is 20.9. The van der Waals surface area contributed by atoms with Crippen LogP contribution in [0.4, 0.5) is 5.69 Å². The van der Waals surface area contributed by atoms with Crippen molar-refractivity contribution in [3.05, 3.63) is 48.3 Å². The largest absolute Gasteiger partial charge is 0.378 e. The maximum atomic E-state index is 12.7. The first-order valence-corrected chi connectivity index (χ1v) is 8.30. The van der Waals surface area contributed by atoms with E-state index in [1.807, 2.05) is 25.1 Å². The first-order valence-electron chi connectivity index (χ1n) is 8.30. The van der Waals surface area contributed by atoms with E-state index in [0.717, 1.165) is 36.3 Å². The van der Waals surface area contributed by atoms with E-state index >= 15 is 0 Å². The van der Waals surface area contributed by atoms with Crippen LogP contribution in [0.2, 0.25) is 0 Å². The van der Waals surface area contributed by atoms with Gasteiger partial charge >= 0.3 is 0 Å². The molecule has 1 aliphatic heterocycles. The molecule has 0 radical (unpaired) electrons. The second-order valence-corrected chi connectivity index (χ2v) is 6.55. The van der Waals surface area contributed by atoms with Crippen molar-refractivity contribution in [3.8, 4) is 11.1 Å². The lowest BCUT2D eigenvalue weighted by molar-refractivity contribution is 0.0787. The Kier molecular flexibility index (Phi) is 4.81. The molecule has 1 fully saturated rings. The van der Waals surface area contributed by atoms with E-state index in [0.29, 0.717) is 18.0 Å². The van der Waals surface area contributed by atoms with E-state index in [9.17, 15) is 4.79 Å². The zero-order valence-corrected chi connectivity index (χ0v) is 14.3. The van der Waals surface area contributed by atoms with Crippen molar-refractivity contribution >= 4 is 11.6 Å². The monoisotopic (exact) mass is 324 g/mol. The Hall–Kier alpha value is -2.40. The summed E-state index contributed by atoms with van der Waals surface area (Å²) in [5.41, 5.74) is 9.52. The Bertz CT molecular complexity index is 712. The maximum Gasteiger partial charge on any atom is 0.255 e. The molecule has 5 heteroatoms. The molecule has 0 saturated carbocycles. The van der Waals surface area contributed by atoms with Crippen molar-refractivity contribution < 1.29 is 4.79 Å². The van der Waals surface area contributed by atoms with Gasteiger partial charge in [-0.05, 0) is 42.6 Å². The number of hydrogen-bond acceptors (Lipinski definition) is 4. The number of likely N-dealkylation sites (tertiary alicyclic amines) is 1. The van der Waals surface area contributed by atoms with Gasteiger partial charge in [0, 0.05) is 50.8 Å². The summed E-state index contributed by atoms with van der Waals surface area (Å²) in [5, 5.41) is 0. The molecule has 1 saturated heterocycles. The number of carbonyl (C=O) groups excluding carboxylic acids is 1. The van der Waals surface area contributed by atoms with Crippen LogP contribution in [-0.2, 0) is 0 Å². The topological polar surface area (TPSA) is 62.5 Å². The van der Waals surface area contributed by atoms with Gasteiger partial charge in [0.2, 0.25) is 0 Å². The Morgan fingerprint density at radius 1 is 1.25 bits per heavy atom. The van der Waals surface area contributed by atoms with Gasteiger partial charge in [-0.3, -0.25) is 9.78 Å². The van der Waals surface area contributed by atoms with Crippen molar-refractivity contribution in [2.45, 2.75) is 6.42 Å². The van der Waals surface area contributed by atoms with Crippen LogP contribution in [-0.4, -0.2) is 49.5 Å². The first kappa shape index (κ1) is 16.5. The second kappa shape index (κ2) is 7.01. The predicted octanol–water partition coefficient (Wildman–Crippen LogP) is 2.24. The fourth-order valence-electron chi connectivity index (χ4n) is 3.06. The number of nitrogens with zero attached hydrogens (tertiary/aromatic N) is 3. The summed E-state index contributed by atoms with van der Waals surface area (Å²) in [5.74, 6) is 0.467. The van der Waals surface area contributed by atoms with Crippen molar-refractivity contribution in [1.29, 1.82) is 0 Å². The van der Waals surface area contributed by atoms with Gasteiger partial charge in [0.1, 0.15) is 0 Å². The minimum atomic E-state index is 0.0465. The van der Waals surface area contributed by atoms with Gasteiger partial charge in [-0.1, -0.05) is 12.1 Å². The molecule has 2 aromatic rings. The van der Waals surface area contributed by atoms with Crippen LogP contribution in [0, 0.1) is 5.92 Å². The Labute approximate surface area is 143 Å². The lowest BCUT2D eigenvalue weighted by Gasteiger charge is -2.17. The standard InChI is InChI=1S/C19H24N4O/c1-22(2)18-5-3-15(4-6-18)16-9-17(12-21-11-16)19(24)23-8-7-14(10-20)13-23/h3-6,9,11-12,14H,7-8,10,13,20H2,1-2H3.